The average Bonchev–Trinajstić information content (AvgIpc) is 2.68. The number of aromatic nitrogens is 3. The highest BCUT2D eigenvalue weighted by atomic mass is 16.2. The Balaban J connectivity index is 2.15. The van der Waals surface area contributed by atoms with Crippen molar-refractivity contribution in [1.82, 2.24) is 20.1 Å². The number of hydrogen-bond donors (Lipinski definition) is 2. The molecule has 1 unspecified atom stereocenters. The molecule has 2 heterocycles. The van der Waals surface area contributed by atoms with Crippen LogP contribution in [0.15, 0.2) is 29.3 Å². The van der Waals surface area contributed by atoms with Gasteiger partial charge < -0.3 is 10.3 Å². The van der Waals surface area contributed by atoms with Crippen molar-refractivity contribution < 1.29 is 4.79 Å². The number of H-pyrrole nitrogens is 1. The van der Waals surface area contributed by atoms with Crippen LogP contribution in [0.5, 0.6) is 0 Å². The zero-order valence-corrected chi connectivity index (χ0v) is 11.1. The minimum atomic E-state index is -0.294. The number of rotatable bonds is 3. The van der Waals surface area contributed by atoms with E-state index in [0.717, 1.165) is 11.3 Å². The summed E-state index contributed by atoms with van der Waals surface area (Å²) in [5, 5.41) is 7.09. The summed E-state index contributed by atoms with van der Waals surface area (Å²) in [6, 6.07) is 2.68. The Kier molecular flexibility index (Phi) is 3.50. The van der Waals surface area contributed by atoms with Crippen molar-refractivity contribution in [3.05, 3.63) is 51.7 Å². The first-order valence-electron chi connectivity index (χ1n) is 5.97. The molecular weight excluding hydrogens is 244 g/mol. The van der Waals surface area contributed by atoms with E-state index in [4.69, 9.17) is 0 Å². The van der Waals surface area contributed by atoms with Gasteiger partial charge in [0.1, 0.15) is 0 Å². The number of nitrogens with one attached hydrogen (secondary N) is 2. The standard InChI is InChI=1S/C13H16N4O2/c1-8(11-7-17(3)16-9(11)2)15-13(19)10-4-5-14-12(18)6-10/h4-8H,1-3H3,(H,14,18)(H,15,19). The predicted octanol–water partition coefficient (Wildman–Crippen LogP) is 0.908. The van der Waals surface area contributed by atoms with Crippen molar-refractivity contribution >= 4 is 5.91 Å². The van der Waals surface area contributed by atoms with Gasteiger partial charge in [-0.25, -0.2) is 0 Å². The molecule has 0 radical (unpaired) electrons. The number of amides is 1. The number of aryl methyl sites for hydroxylation is 2. The molecule has 0 saturated heterocycles. The zero-order valence-electron chi connectivity index (χ0n) is 11.1. The molecule has 0 aromatic carbocycles. The van der Waals surface area contributed by atoms with Gasteiger partial charge in [0.2, 0.25) is 5.56 Å². The Morgan fingerprint density at radius 3 is 2.84 bits per heavy atom. The van der Waals surface area contributed by atoms with Crippen molar-refractivity contribution in [2.24, 2.45) is 7.05 Å². The van der Waals surface area contributed by atoms with Gasteiger partial charge in [0, 0.05) is 36.6 Å². The Hall–Kier alpha value is -2.37. The summed E-state index contributed by atoms with van der Waals surface area (Å²) in [7, 11) is 1.84. The van der Waals surface area contributed by atoms with Gasteiger partial charge in [-0.3, -0.25) is 14.3 Å². The lowest BCUT2D eigenvalue weighted by molar-refractivity contribution is 0.0939. The van der Waals surface area contributed by atoms with Crippen LogP contribution in [0.2, 0.25) is 0 Å². The number of hydrogen-bond acceptors (Lipinski definition) is 3. The van der Waals surface area contributed by atoms with Crippen LogP contribution < -0.4 is 10.9 Å². The normalized spacial score (nSPS) is 12.2. The second-order valence-electron chi connectivity index (χ2n) is 4.48. The third kappa shape index (κ3) is 2.90. The Labute approximate surface area is 110 Å². The summed E-state index contributed by atoms with van der Waals surface area (Å²) in [4.78, 5) is 25.6. The minimum absolute atomic E-state index is 0.166. The van der Waals surface area contributed by atoms with Gasteiger partial charge in [-0.15, -0.1) is 0 Å². The number of aromatic amines is 1. The highest BCUT2D eigenvalue weighted by Crippen LogP contribution is 2.15. The van der Waals surface area contributed by atoms with E-state index in [2.05, 4.69) is 15.4 Å². The van der Waals surface area contributed by atoms with E-state index in [1.54, 1.807) is 10.7 Å². The van der Waals surface area contributed by atoms with Crippen LogP contribution in [0.4, 0.5) is 0 Å². The van der Waals surface area contributed by atoms with E-state index < -0.39 is 0 Å². The van der Waals surface area contributed by atoms with E-state index in [0.29, 0.717) is 5.56 Å². The average molecular weight is 260 g/mol. The summed E-state index contributed by atoms with van der Waals surface area (Å²) in [6.45, 7) is 3.78. The molecule has 2 aromatic heterocycles. The third-order valence-corrected chi connectivity index (χ3v) is 2.90. The van der Waals surface area contributed by atoms with Gasteiger partial charge in [-0.1, -0.05) is 0 Å². The van der Waals surface area contributed by atoms with Crippen molar-refractivity contribution in [3.63, 3.8) is 0 Å². The molecule has 100 valence electrons. The van der Waals surface area contributed by atoms with Gasteiger partial charge in [-0.2, -0.15) is 5.10 Å². The molecular formula is C13H16N4O2. The molecule has 0 spiro atoms. The summed E-state index contributed by atoms with van der Waals surface area (Å²) in [5.74, 6) is -0.276. The molecule has 0 fully saturated rings. The topological polar surface area (TPSA) is 79.8 Å². The predicted molar refractivity (Wildman–Crippen MR) is 70.9 cm³/mol. The minimum Gasteiger partial charge on any atom is -0.345 e. The molecule has 19 heavy (non-hydrogen) atoms. The molecule has 0 aliphatic heterocycles. The fourth-order valence-electron chi connectivity index (χ4n) is 1.99. The van der Waals surface area contributed by atoms with Crippen LogP contribution in [0.25, 0.3) is 0 Å². The molecule has 6 heteroatoms. The SMILES string of the molecule is Cc1nn(C)cc1C(C)NC(=O)c1cc[nH]c(=O)c1. The fraction of sp³-hybridized carbons (Fsp3) is 0.308. The molecule has 0 aliphatic rings. The number of pyridine rings is 1. The van der Waals surface area contributed by atoms with Gasteiger partial charge in [0.25, 0.3) is 5.91 Å². The molecule has 0 bridgehead atoms. The molecule has 2 rings (SSSR count). The largest absolute Gasteiger partial charge is 0.345 e. The quantitative estimate of drug-likeness (QED) is 0.860. The first-order chi connectivity index (χ1) is 8.97. The summed E-state index contributed by atoms with van der Waals surface area (Å²) < 4.78 is 1.71. The smallest absolute Gasteiger partial charge is 0.252 e. The molecule has 1 atom stereocenters. The monoisotopic (exact) mass is 260 g/mol. The van der Waals surface area contributed by atoms with Crippen molar-refractivity contribution in [2.75, 3.05) is 0 Å². The van der Waals surface area contributed by atoms with Gasteiger partial charge in [-0.05, 0) is 19.9 Å². The van der Waals surface area contributed by atoms with Crippen LogP contribution in [0.1, 0.15) is 34.6 Å². The Morgan fingerprint density at radius 2 is 2.26 bits per heavy atom. The zero-order chi connectivity index (χ0) is 14.0. The van der Waals surface area contributed by atoms with Crippen LogP contribution >= 0.6 is 0 Å². The highest BCUT2D eigenvalue weighted by Gasteiger charge is 2.15. The summed E-state index contributed by atoms with van der Waals surface area (Å²) >= 11 is 0. The molecule has 6 nitrogen and oxygen atoms in total. The Morgan fingerprint density at radius 1 is 1.53 bits per heavy atom. The lowest BCUT2D eigenvalue weighted by atomic mass is 10.1. The van der Waals surface area contributed by atoms with Gasteiger partial charge >= 0.3 is 0 Å². The first-order valence-corrected chi connectivity index (χ1v) is 5.97. The van der Waals surface area contributed by atoms with Crippen LogP contribution in [0.3, 0.4) is 0 Å². The van der Waals surface area contributed by atoms with Gasteiger partial charge in [0.05, 0.1) is 11.7 Å². The molecule has 1 amide bonds. The lowest BCUT2D eigenvalue weighted by Gasteiger charge is -2.13. The number of nitrogens with zero attached hydrogens (tertiary/aromatic N) is 2. The maximum atomic E-state index is 12.0. The van der Waals surface area contributed by atoms with Crippen molar-refractivity contribution in [2.45, 2.75) is 19.9 Å². The second-order valence-corrected chi connectivity index (χ2v) is 4.48. The molecule has 2 aromatic rings. The molecule has 0 aliphatic carbocycles. The van der Waals surface area contributed by atoms with Crippen LogP contribution in [-0.2, 0) is 7.05 Å². The first kappa shape index (κ1) is 13.1. The van der Waals surface area contributed by atoms with E-state index >= 15 is 0 Å². The third-order valence-electron chi connectivity index (χ3n) is 2.90. The van der Waals surface area contributed by atoms with Crippen molar-refractivity contribution in [1.29, 1.82) is 0 Å². The molecule has 0 saturated carbocycles. The van der Waals surface area contributed by atoms with Crippen LogP contribution in [0, 0.1) is 6.92 Å². The van der Waals surface area contributed by atoms with Crippen molar-refractivity contribution in [3.8, 4) is 0 Å². The maximum Gasteiger partial charge on any atom is 0.252 e. The van der Waals surface area contributed by atoms with E-state index in [-0.39, 0.29) is 17.5 Å². The summed E-state index contributed by atoms with van der Waals surface area (Å²) in [6.07, 6.45) is 3.33. The fourth-order valence-corrected chi connectivity index (χ4v) is 1.99. The second kappa shape index (κ2) is 5.09. The van der Waals surface area contributed by atoms with E-state index in [1.165, 1.54) is 12.3 Å². The van der Waals surface area contributed by atoms with Crippen LogP contribution in [-0.4, -0.2) is 20.7 Å². The maximum absolute atomic E-state index is 12.0. The van der Waals surface area contributed by atoms with E-state index in [1.807, 2.05) is 27.1 Å². The Bertz CT molecular complexity index is 657. The van der Waals surface area contributed by atoms with Gasteiger partial charge in [0.15, 0.2) is 0 Å². The molecule has 2 N–H and O–H groups in total. The number of carbonyl (C=O) groups is 1. The lowest BCUT2D eigenvalue weighted by Crippen LogP contribution is -2.27. The number of carbonyl (C=O) groups excluding carboxylic acids is 1. The highest BCUT2D eigenvalue weighted by molar-refractivity contribution is 5.94. The van der Waals surface area contributed by atoms with E-state index in [9.17, 15) is 9.59 Å². The summed E-state index contributed by atoms with van der Waals surface area (Å²) in [5.41, 5.74) is 1.89.